The molecule has 1 aromatic rings. The number of methoxy groups -OCH3 is 1. The van der Waals surface area contributed by atoms with E-state index in [0.717, 1.165) is 0 Å². The maximum absolute atomic E-state index is 10.5. The van der Waals surface area contributed by atoms with Gasteiger partial charge in [-0.05, 0) is 6.07 Å². The number of rotatable bonds is 3. The first-order chi connectivity index (χ1) is 6.03. The van der Waals surface area contributed by atoms with Crippen molar-refractivity contribution in [1.29, 1.82) is 0 Å². The minimum absolute atomic E-state index is 0. The van der Waals surface area contributed by atoms with Crippen LogP contribution in [0.25, 0.3) is 0 Å². The van der Waals surface area contributed by atoms with E-state index in [9.17, 15) is 13.0 Å². The molecule has 0 heterocycles. The minimum Gasteiger partial charge on any atom is -0.748 e. The van der Waals surface area contributed by atoms with Crippen molar-refractivity contribution < 1.29 is 69.1 Å². The van der Waals surface area contributed by atoms with Crippen LogP contribution < -0.4 is 56.1 Å². The SMILES string of the molecule is COc1ccccc1CS(=O)(=O)[O-].[K+]. The molecule has 0 fully saturated rings. The molecule has 72 valence electrons. The summed E-state index contributed by atoms with van der Waals surface area (Å²) in [6.07, 6.45) is 0. The molecule has 0 unspecified atom stereocenters. The molecule has 1 aromatic carbocycles. The predicted molar refractivity (Wildman–Crippen MR) is 46.4 cm³/mol. The first-order valence-electron chi connectivity index (χ1n) is 3.58. The van der Waals surface area contributed by atoms with Crippen molar-refractivity contribution in [2.24, 2.45) is 0 Å². The minimum atomic E-state index is -4.24. The fraction of sp³-hybridized carbons (Fsp3) is 0.250. The summed E-state index contributed by atoms with van der Waals surface area (Å²) in [7, 11) is -2.81. The van der Waals surface area contributed by atoms with Gasteiger partial charge >= 0.3 is 51.4 Å². The Labute approximate surface area is 126 Å². The van der Waals surface area contributed by atoms with Gasteiger partial charge in [0.15, 0.2) is 0 Å². The van der Waals surface area contributed by atoms with Crippen LogP contribution in [-0.2, 0) is 15.9 Å². The first-order valence-corrected chi connectivity index (χ1v) is 5.16. The molecule has 0 saturated carbocycles. The zero-order chi connectivity index (χ0) is 9.90. The van der Waals surface area contributed by atoms with Crippen LogP contribution in [0.3, 0.4) is 0 Å². The van der Waals surface area contributed by atoms with E-state index in [2.05, 4.69) is 0 Å². The van der Waals surface area contributed by atoms with Gasteiger partial charge in [0.2, 0.25) is 0 Å². The summed E-state index contributed by atoms with van der Waals surface area (Å²) < 4.78 is 36.3. The Morgan fingerprint density at radius 1 is 1.36 bits per heavy atom. The van der Waals surface area contributed by atoms with E-state index in [0.29, 0.717) is 11.3 Å². The Morgan fingerprint density at radius 2 is 1.93 bits per heavy atom. The molecule has 0 spiro atoms. The molecule has 0 amide bonds. The molecule has 6 heteroatoms. The standard InChI is InChI=1S/C8H10O4S.K/c1-12-8-5-3-2-4-7(8)6-13(9,10)11;/h2-5H,6H2,1H3,(H,9,10,11);/q;+1/p-1. The van der Waals surface area contributed by atoms with Crippen molar-refractivity contribution in [1.82, 2.24) is 0 Å². The summed E-state index contributed by atoms with van der Waals surface area (Å²) in [4.78, 5) is 0. The quantitative estimate of drug-likeness (QED) is 0.442. The van der Waals surface area contributed by atoms with Crippen molar-refractivity contribution in [3.63, 3.8) is 0 Å². The number of benzene rings is 1. The number of hydrogen-bond donors (Lipinski definition) is 0. The molecule has 0 aliphatic carbocycles. The largest absolute Gasteiger partial charge is 1.00 e. The fourth-order valence-electron chi connectivity index (χ4n) is 1.01. The van der Waals surface area contributed by atoms with Gasteiger partial charge in [0.25, 0.3) is 0 Å². The first kappa shape index (κ1) is 14.6. The zero-order valence-corrected chi connectivity index (χ0v) is 12.0. The number of ether oxygens (including phenoxy) is 1. The van der Waals surface area contributed by atoms with Crippen LogP contribution in [0.4, 0.5) is 0 Å². The third-order valence-electron chi connectivity index (χ3n) is 1.52. The van der Waals surface area contributed by atoms with Gasteiger partial charge in [-0.15, -0.1) is 0 Å². The fourth-order valence-corrected chi connectivity index (χ4v) is 1.63. The number of para-hydroxylation sites is 1. The molecule has 4 nitrogen and oxygen atoms in total. The summed E-state index contributed by atoms with van der Waals surface area (Å²) in [5.41, 5.74) is 0.389. The Balaban J connectivity index is 0.00000169. The average molecular weight is 240 g/mol. The van der Waals surface area contributed by atoms with Crippen molar-refractivity contribution in [2.45, 2.75) is 5.75 Å². The molecule has 0 saturated heterocycles. The third-order valence-corrected chi connectivity index (χ3v) is 2.19. The second kappa shape index (κ2) is 6.21. The van der Waals surface area contributed by atoms with Crippen molar-refractivity contribution in [3.8, 4) is 5.75 Å². The molecule has 0 bridgehead atoms. The monoisotopic (exact) mass is 240 g/mol. The van der Waals surface area contributed by atoms with Gasteiger partial charge in [-0.3, -0.25) is 0 Å². The topological polar surface area (TPSA) is 66.4 Å². The van der Waals surface area contributed by atoms with E-state index in [1.807, 2.05) is 0 Å². The van der Waals surface area contributed by atoms with Gasteiger partial charge in [0, 0.05) is 5.56 Å². The molecule has 0 atom stereocenters. The van der Waals surface area contributed by atoms with Crippen molar-refractivity contribution >= 4 is 10.1 Å². The Bertz CT molecular complexity index is 388. The van der Waals surface area contributed by atoms with Crippen LogP contribution in [-0.4, -0.2) is 20.1 Å². The molecule has 0 aliphatic heterocycles. The average Bonchev–Trinajstić information content (AvgIpc) is 2.02. The molecular formula is C8H9KO4S. The molecule has 14 heavy (non-hydrogen) atoms. The van der Waals surface area contributed by atoms with E-state index in [1.54, 1.807) is 24.3 Å². The Hall–Kier alpha value is 0.566. The van der Waals surface area contributed by atoms with Crippen LogP contribution >= 0.6 is 0 Å². The molecule has 1 rings (SSSR count). The van der Waals surface area contributed by atoms with Crippen molar-refractivity contribution in [3.05, 3.63) is 29.8 Å². The molecular weight excluding hydrogens is 231 g/mol. The number of hydrogen-bond acceptors (Lipinski definition) is 4. The molecule has 0 N–H and O–H groups in total. The summed E-state index contributed by atoms with van der Waals surface area (Å²) in [5.74, 6) is -0.112. The van der Waals surface area contributed by atoms with Gasteiger partial charge in [-0.25, -0.2) is 8.42 Å². The summed E-state index contributed by atoms with van der Waals surface area (Å²) in [6, 6.07) is 6.53. The zero-order valence-electron chi connectivity index (χ0n) is 8.06. The summed E-state index contributed by atoms with van der Waals surface area (Å²) in [6.45, 7) is 0. The molecule has 0 radical (unpaired) electrons. The predicted octanol–water partition coefficient (Wildman–Crippen LogP) is -2.26. The molecule has 0 aliphatic rings. The maximum atomic E-state index is 10.5. The van der Waals surface area contributed by atoms with E-state index in [-0.39, 0.29) is 51.4 Å². The van der Waals surface area contributed by atoms with Gasteiger partial charge in [-0.2, -0.15) is 0 Å². The smallest absolute Gasteiger partial charge is 0.748 e. The Morgan fingerprint density at radius 3 is 2.43 bits per heavy atom. The third kappa shape index (κ3) is 4.88. The van der Waals surface area contributed by atoms with Crippen LogP contribution in [0.1, 0.15) is 5.56 Å². The van der Waals surface area contributed by atoms with Crippen LogP contribution in [0, 0.1) is 0 Å². The van der Waals surface area contributed by atoms with Gasteiger partial charge in [0.1, 0.15) is 5.75 Å². The van der Waals surface area contributed by atoms with E-state index in [1.165, 1.54) is 7.11 Å². The van der Waals surface area contributed by atoms with Gasteiger partial charge in [-0.1, -0.05) is 18.2 Å². The maximum Gasteiger partial charge on any atom is 1.00 e. The van der Waals surface area contributed by atoms with Crippen LogP contribution in [0.5, 0.6) is 5.75 Å². The van der Waals surface area contributed by atoms with Crippen molar-refractivity contribution in [2.75, 3.05) is 7.11 Å². The molecule has 0 aromatic heterocycles. The summed E-state index contributed by atoms with van der Waals surface area (Å²) >= 11 is 0. The van der Waals surface area contributed by atoms with Gasteiger partial charge in [0.05, 0.1) is 23.0 Å². The second-order valence-corrected chi connectivity index (χ2v) is 3.92. The Kier molecular flexibility index (Phi) is 6.47. The van der Waals surface area contributed by atoms with E-state index in [4.69, 9.17) is 4.74 Å². The normalized spacial score (nSPS) is 10.4. The second-order valence-electron chi connectivity index (χ2n) is 2.51. The van der Waals surface area contributed by atoms with Crippen LogP contribution in [0.2, 0.25) is 0 Å². The van der Waals surface area contributed by atoms with Crippen LogP contribution in [0.15, 0.2) is 24.3 Å². The van der Waals surface area contributed by atoms with E-state index < -0.39 is 15.9 Å². The van der Waals surface area contributed by atoms with Gasteiger partial charge < -0.3 is 9.29 Å². The van der Waals surface area contributed by atoms with E-state index >= 15 is 0 Å². The summed E-state index contributed by atoms with van der Waals surface area (Å²) in [5, 5.41) is 0.